The van der Waals surface area contributed by atoms with Gasteiger partial charge < -0.3 is 4.98 Å². The molecule has 1 heterocycles. The fourth-order valence-electron chi connectivity index (χ4n) is 2.98. The van der Waals surface area contributed by atoms with E-state index in [2.05, 4.69) is 4.98 Å². The number of H-pyrrole nitrogens is 1. The number of Topliss-reactive ketones (excluding diaryl/α,β-unsaturated/α-hetero) is 1. The molecule has 0 fully saturated rings. The van der Waals surface area contributed by atoms with Crippen LogP contribution in [0.25, 0.3) is 10.9 Å². The molecule has 0 saturated carbocycles. The van der Waals surface area contributed by atoms with Gasteiger partial charge in [0.2, 0.25) is 5.78 Å². The molecular formula is C19H16F3NO. The molecule has 1 N–H and O–H groups in total. The van der Waals surface area contributed by atoms with Crippen LogP contribution in [0.1, 0.15) is 29.0 Å². The standard InChI is InChI=1S/C19H16F3NO/c1-12-5-4-6-13(9-12)15(10-18(24)19(20,21)22)16-11-23-17-8-3-2-7-14(16)17/h2-9,11,15,23H,10H2,1H3/t15-/m0/s1. The van der Waals surface area contributed by atoms with Crippen molar-refractivity contribution in [3.8, 4) is 0 Å². The predicted octanol–water partition coefficient (Wildman–Crippen LogP) is 5.13. The number of nitrogens with one attached hydrogen (secondary N) is 1. The number of ketones is 1. The molecule has 1 aromatic heterocycles. The van der Waals surface area contributed by atoms with Crippen molar-refractivity contribution >= 4 is 16.7 Å². The molecule has 3 aromatic rings. The third-order valence-electron chi connectivity index (χ3n) is 4.15. The predicted molar refractivity (Wildman–Crippen MR) is 87.0 cm³/mol. The Labute approximate surface area is 137 Å². The van der Waals surface area contributed by atoms with Gasteiger partial charge in [0.25, 0.3) is 0 Å². The van der Waals surface area contributed by atoms with Gasteiger partial charge in [0.05, 0.1) is 0 Å². The van der Waals surface area contributed by atoms with E-state index in [9.17, 15) is 18.0 Å². The van der Waals surface area contributed by atoms with Crippen molar-refractivity contribution < 1.29 is 18.0 Å². The lowest BCUT2D eigenvalue weighted by Gasteiger charge is -2.18. The second-order valence-corrected chi connectivity index (χ2v) is 5.88. The molecule has 0 bridgehead atoms. The second kappa shape index (κ2) is 6.15. The van der Waals surface area contributed by atoms with Gasteiger partial charge in [0.15, 0.2) is 0 Å². The molecule has 0 radical (unpaired) electrons. The van der Waals surface area contributed by atoms with E-state index in [1.807, 2.05) is 43.3 Å². The van der Waals surface area contributed by atoms with E-state index >= 15 is 0 Å². The maximum absolute atomic E-state index is 12.8. The van der Waals surface area contributed by atoms with Crippen LogP contribution >= 0.6 is 0 Å². The van der Waals surface area contributed by atoms with Gasteiger partial charge >= 0.3 is 6.18 Å². The van der Waals surface area contributed by atoms with Gasteiger partial charge in [-0.1, -0.05) is 48.0 Å². The van der Waals surface area contributed by atoms with E-state index in [4.69, 9.17) is 0 Å². The maximum atomic E-state index is 12.8. The minimum Gasteiger partial charge on any atom is -0.361 e. The summed E-state index contributed by atoms with van der Waals surface area (Å²) in [6.07, 6.45) is -3.73. The highest BCUT2D eigenvalue weighted by Gasteiger charge is 2.40. The summed E-state index contributed by atoms with van der Waals surface area (Å²) in [7, 11) is 0. The number of aromatic amines is 1. The largest absolute Gasteiger partial charge is 0.450 e. The topological polar surface area (TPSA) is 32.9 Å². The van der Waals surface area contributed by atoms with Crippen LogP contribution in [0.15, 0.2) is 54.7 Å². The lowest BCUT2D eigenvalue weighted by atomic mass is 9.86. The highest BCUT2D eigenvalue weighted by atomic mass is 19.4. The van der Waals surface area contributed by atoms with Crippen molar-refractivity contribution in [3.63, 3.8) is 0 Å². The molecule has 5 heteroatoms. The Hall–Kier alpha value is -2.56. The van der Waals surface area contributed by atoms with Crippen LogP contribution in [0.5, 0.6) is 0 Å². The number of hydrogen-bond acceptors (Lipinski definition) is 1. The first kappa shape index (κ1) is 16.3. The Morgan fingerprint density at radius 3 is 2.58 bits per heavy atom. The van der Waals surface area contributed by atoms with Crippen LogP contribution in [-0.4, -0.2) is 16.9 Å². The number of carbonyl (C=O) groups is 1. The van der Waals surface area contributed by atoms with E-state index in [1.54, 1.807) is 18.3 Å². The van der Waals surface area contributed by atoms with Gasteiger partial charge in [0.1, 0.15) is 0 Å². The van der Waals surface area contributed by atoms with Crippen molar-refractivity contribution in [2.45, 2.75) is 25.4 Å². The first-order chi connectivity index (χ1) is 11.4. The maximum Gasteiger partial charge on any atom is 0.450 e. The molecular weight excluding hydrogens is 315 g/mol. The molecule has 0 spiro atoms. The zero-order chi connectivity index (χ0) is 17.3. The molecule has 0 saturated heterocycles. The Morgan fingerprint density at radius 1 is 1.12 bits per heavy atom. The van der Waals surface area contributed by atoms with Crippen LogP contribution in [0.2, 0.25) is 0 Å². The normalized spacial score (nSPS) is 13.2. The van der Waals surface area contributed by atoms with Gasteiger partial charge in [-0.15, -0.1) is 0 Å². The van der Waals surface area contributed by atoms with Gasteiger partial charge in [0, 0.05) is 29.4 Å². The minimum absolute atomic E-state index is 0.602. The average molecular weight is 331 g/mol. The third-order valence-corrected chi connectivity index (χ3v) is 4.15. The summed E-state index contributed by atoms with van der Waals surface area (Å²) in [5.74, 6) is -2.35. The Kier molecular flexibility index (Phi) is 4.18. The zero-order valence-electron chi connectivity index (χ0n) is 13.0. The number of aromatic nitrogens is 1. The van der Waals surface area contributed by atoms with Crippen molar-refractivity contribution in [2.75, 3.05) is 0 Å². The Morgan fingerprint density at radius 2 is 1.88 bits per heavy atom. The van der Waals surface area contributed by atoms with Crippen molar-refractivity contribution in [2.24, 2.45) is 0 Å². The molecule has 2 nitrogen and oxygen atoms in total. The van der Waals surface area contributed by atoms with Crippen LogP contribution in [0.3, 0.4) is 0 Å². The van der Waals surface area contributed by atoms with Crippen molar-refractivity contribution in [3.05, 3.63) is 71.4 Å². The third kappa shape index (κ3) is 3.20. The van der Waals surface area contributed by atoms with E-state index in [0.29, 0.717) is 11.1 Å². The average Bonchev–Trinajstić information content (AvgIpc) is 2.95. The molecule has 124 valence electrons. The lowest BCUT2D eigenvalue weighted by Crippen LogP contribution is -2.25. The van der Waals surface area contributed by atoms with Crippen LogP contribution in [0.4, 0.5) is 13.2 Å². The summed E-state index contributed by atoms with van der Waals surface area (Å²) in [5, 5.41) is 0.832. The molecule has 24 heavy (non-hydrogen) atoms. The van der Waals surface area contributed by atoms with E-state index in [0.717, 1.165) is 16.5 Å². The van der Waals surface area contributed by atoms with E-state index < -0.39 is 24.3 Å². The van der Waals surface area contributed by atoms with Gasteiger partial charge in [-0.25, -0.2) is 0 Å². The first-order valence-corrected chi connectivity index (χ1v) is 7.59. The molecule has 0 unspecified atom stereocenters. The van der Waals surface area contributed by atoms with Crippen LogP contribution < -0.4 is 0 Å². The fraction of sp³-hybridized carbons (Fsp3) is 0.211. The molecule has 2 aromatic carbocycles. The van der Waals surface area contributed by atoms with E-state index in [1.165, 1.54) is 0 Å². The van der Waals surface area contributed by atoms with E-state index in [-0.39, 0.29) is 0 Å². The summed E-state index contributed by atoms with van der Waals surface area (Å²) in [6.45, 7) is 1.88. The first-order valence-electron chi connectivity index (χ1n) is 7.59. The van der Waals surface area contributed by atoms with Gasteiger partial charge in [-0.2, -0.15) is 13.2 Å². The number of benzene rings is 2. The van der Waals surface area contributed by atoms with Crippen LogP contribution in [0, 0.1) is 6.92 Å². The highest BCUT2D eigenvalue weighted by molar-refractivity contribution is 5.88. The van der Waals surface area contributed by atoms with Crippen molar-refractivity contribution in [1.82, 2.24) is 4.98 Å². The van der Waals surface area contributed by atoms with Gasteiger partial charge in [-0.3, -0.25) is 4.79 Å². The second-order valence-electron chi connectivity index (χ2n) is 5.88. The summed E-state index contributed by atoms with van der Waals surface area (Å²) in [6, 6.07) is 14.7. The summed E-state index contributed by atoms with van der Waals surface area (Å²) < 4.78 is 38.4. The number of aryl methyl sites for hydroxylation is 1. The number of para-hydroxylation sites is 1. The summed E-state index contributed by atoms with van der Waals surface area (Å²) >= 11 is 0. The zero-order valence-corrected chi connectivity index (χ0v) is 13.0. The molecule has 0 amide bonds. The Bertz CT molecular complexity index is 879. The number of fused-ring (bicyclic) bond motifs is 1. The van der Waals surface area contributed by atoms with Crippen LogP contribution in [-0.2, 0) is 4.79 Å². The number of hydrogen-bond donors (Lipinski definition) is 1. The molecule has 0 aliphatic carbocycles. The molecule has 3 rings (SSSR count). The summed E-state index contributed by atoms with van der Waals surface area (Å²) in [4.78, 5) is 14.7. The summed E-state index contributed by atoms with van der Waals surface area (Å²) in [5.41, 5.74) is 3.19. The Balaban J connectivity index is 2.10. The number of carbonyl (C=O) groups excluding carboxylic acids is 1. The SMILES string of the molecule is Cc1cccc([C@H](CC(=O)C(F)(F)F)c2c[nH]c3ccccc23)c1. The lowest BCUT2D eigenvalue weighted by molar-refractivity contribution is -0.171. The monoisotopic (exact) mass is 331 g/mol. The van der Waals surface area contributed by atoms with Crippen molar-refractivity contribution in [1.29, 1.82) is 0 Å². The molecule has 0 aliphatic rings. The molecule has 1 atom stereocenters. The minimum atomic E-state index is -4.83. The molecule has 0 aliphatic heterocycles. The highest BCUT2D eigenvalue weighted by Crippen LogP contribution is 2.36. The quantitative estimate of drug-likeness (QED) is 0.706. The smallest absolute Gasteiger partial charge is 0.361 e. The number of alkyl halides is 3. The van der Waals surface area contributed by atoms with Gasteiger partial charge in [-0.05, 0) is 24.1 Å². The number of rotatable bonds is 4. The number of halogens is 3. The fourth-order valence-corrected chi connectivity index (χ4v) is 2.98.